The molecule has 0 bridgehead atoms. The first kappa shape index (κ1) is 12.2. The Morgan fingerprint density at radius 2 is 2.24 bits per heavy atom. The van der Waals surface area contributed by atoms with E-state index in [1.165, 1.54) is 31.4 Å². The maximum atomic E-state index is 13.1. The summed E-state index contributed by atoms with van der Waals surface area (Å²) in [6.07, 6.45) is 3.63. The van der Waals surface area contributed by atoms with Gasteiger partial charge < -0.3 is 10.1 Å². The summed E-state index contributed by atoms with van der Waals surface area (Å²) in [5.41, 5.74) is 0.910. The molecule has 1 N–H and O–H groups in total. The van der Waals surface area contributed by atoms with Crippen LogP contribution >= 0.6 is 0 Å². The van der Waals surface area contributed by atoms with E-state index in [1.807, 2.05) is 6.92 Å². The molecule has 0 radical (unpaired) electrons. The van der Waals surface area contributed by atoms with Crippen molar-refractivity contribution in [3.05, 3.63) is 24.0 Å². The summed E-state index contributed by atoms with van der Waals surface area (Å²) in [6.45, 7) is 4.74. The van der Waals surface area contributed by atoms with Gasteiger partial charge in [0.05, 0.1) is 12.3 Å². The molecule has 0 saturated heterocycles. The number of halogens is 1. The van der Waals surface area contributed by atoms with Crippen molar-refractivity contribution in [1.29, 1.82) is 0 Å². The molecule has 94 valence electrons. The highest BCUT2D eigenvalue weighted by Crippen LogP contribution is 2.31. The fourth-order valence-corrected chi connectivity index (χ4v) is 2.45. The fraction of sp³-hybridized carbons (Fsp3) is 0.571. The SMILES string of the molecule is CCOc1cc(F)ccc1NC1CCC(C)C1. The van der Waals surface area contributed by atoms with Crippen molar-refractivity contribution in [2.75, 3.05) is 11.9 Å². The first-order valence-electron chi connectivity index (χ1n) is 6.38. The van der Waals surface area contributed by atoms with Crippen molar-refractivity contribution in [2.24, 2.45) is 5.92 Å². The van der Waals surface area contributed by atoms with Crippen LogP contribution in [0, 0.1) is 11.7 Å². The maximum Gasteiger partial charge on any atom is 0.145 e. The van der Waals surface area contributed by atoms with Gasteiger partial charge >= 0.3 is 0 Å². The van der Waals surface area contributed by atoms with Gasteiger partial charge in [-0.3, -0.25) is 0 Å². The van der Waals surface area contributed by atoms with Crippen molar-refractivity contribution in [1.82, 2.24) is 0 Å². The van der Waals surface area contributed by atoms with Crippen molar-refractivity contribution < 1.29 is 9.13 Å². The van der Waals surface area contributed by atoms with Gasteiger partial charge in [0.15, 0.2) is 0 Å². The minimum Gasteiger partial charge on any atom is -0.492 e. The Kier molecular flexibility index (Phi) is 3.87. The van der Waals surface area contributed by atoms with Gasteiger partial charge in [0.1, 0.15) is 11.6 Å². The molecular formula is C14H20FNO. The van der Waals surface area contributed by atoms with E-state index in [9.17, 15) is 4.39 Å². The number of anilines is 1. The third kappa shape index (κ3) is 3.11. The Morgan fingerprint density at radius 1 is 1.41 bits per heavy atom. The third-order valence-electron chi connectivity index (χ3n) is 3.30. The van der Waals surface area contributed by atoms with Crippen LogP contribution in [-0.4, -0.2) is 12.6 Å². The summed E-state index contributed by atoms with van der Waals surface area (Å²) in [6, 6.07) is 5.19. The van der Waals surface area contributed by atoms with Gasteiger partial charge in [0.25, 0.3) is 0 Å². The summed E-state index contributed by atoms with van der Waals surface area (Å²) in [4.78, 5) is 0. The molecule has 1 aromatic carbocycles. The zero-order valence-electron chi connectivity index (χ0n) is 10.5. The van der Waals surface area contributed by atoms with Crippen molar-refractivity contribution in [3.8, 4) is 5.75 Å². The van der Waals surface area contributed by atoms with E-state index in [2.05, 4.69) is 12.2 Å². The van der Waals surface area contributed by atoms with Crippen LogP contribution in [0.3, 0.4) is 0 Å². The zero-order valence-corrected chi connectivity index (χ0v) is 10.5. The lowest BCUT2D eigenvalue weighted by molar-refractivity contribution is 0.339. The molecule has 2 unspecified atom stereocenters. The molecule has 0 heterocycles. The molecule has 1 aromatic rings. The van der Waals surface area contributed by atoms with E-state index in [1.54, 1.807) is 6.07 Å². The minimum atomic E-state index is -0.251. The predicted molar refractivity (Wildman–Crippen MR) is 68.0 cm³/mol. The number of rotatable bonds is 4. The first-order chi connectivity index (χ1) is 8.19. The maximum absolute atomic E-state index is 13.1. The zero-order chi connectivity index (χ0) is 12.3. The van der Waals surface area contributed by atoms with Crippen LogP contribution in [0.4, 0.5) is 10.1 Å². The fourth-order valence-electron chi connectivity index (χ4n) is 2.45. The van der Waals surface area contributed by atoms with Crippen LogP contribution in [-0.2, 0) is 0 Å². The van der Waals surface area contributed by atoms with Gasteiger partial charge in [0.2, 0.25) is 0 Å². The molecule has 1 aliphatic carbocycles. The van der Waals surface area contributed by atoms with E-state index < -0.39 is 0 Å². The summed E-state index contributed by atoms with van der Waals surface area (Å²) in [5, 5.41) is 3.46. The summed E-state index contributed by atoms with van der Waals surface area (Å²) < 4.78 is 18.6. The Labute approximate surface area is 102 Å². The van der Waals surface area contributed by atoms with Crippen molar-refractivity contribution in [2.45, 2.75) is 39.2 Å². The molecule has 1 aliphatic rings. The Bertz CT molecular complexity index is 380. The van der Waals surface area contributed by atoms with Crippen molar-refractivity contribution in [3.63, 3.8) is 0 Å². The van der Waals surface area contributed by atoms with Crippen LogP contribution in [0.15, 0.2) is 18.2 Å². The second-order valence-electron chi connectivity index (χ2n) is 4.83. The topological polar surface area (TPSA) is 21.3 Å². The highest BCUT2D eigenvalue weighted by Gasteiger charge is 2.21. The van der Waals surface area contributed by atoms with Gasteiger partial charge in [-0.05, 0) is 44.2 Å². The molecule has 3 heteroatoms. The summed E-state index contributed by atoms with van der Waals surface area (Å²) in [5.74, 6) is 1.15. The number of hydrogen-bond acceptors (Lipinski definition) is 2. The number of nitrogens with one attached hydrogen (secondary N) is 1. The number of benzene rings is 1. The molecule has 0 aliphatic heterocycles. The summed E-state index contributed by atoms with van der Waals surface area (Å²) in [7, 11) is 0. The third-order valence-corrected chi connectivity index (χ3v) is 3.30. The molecule has 1 saturated carbocycles. The molecule has 2 rings (SSSR count). The Hall–Kier alpha value is -1.25. The smallest absolute Gasteiger partial charge is 0.145 e. The average Bonchev–Trinajstić information content (AvgIpc) is 2.69. The van der Waals surface area contributed by atoms with Gasteiger partial charge in [-0.2, -0.15) is 0 Å². The minimum absolute atomic E-state index is 0.251. The molecule has 2 atom stereocenters. The lowest BCUT2D eigenvalue weighted by Crippen LogP contribution is -2.16. The summed E-state index contributed by atoms with van der Waals surface area (Å²) >= 11 is 0. The lowest BCUT2D eigenvalue weighted by Gasteiger charge is -2.17. The highest BCUT2D eigenvalue weighted by molar-refractivity contribution is 5.57. The standard InChI is InChI=1S/C14H20FNO/c1-3-17-14-9-11(15)5-7-13(14)16-12-6-4-10(2)8-12/h5,7,9-10,12,16H,3-4,6,8H2,1-2H3. The molecule has 0 amide bonds. The second kappa shape index (κ2) is 5.39. The number of hydrogen-bond donors (Lipinski definition) is 1. The Morgan fingerprint density at radius 3 is 2.88 bits per heavy atom. The molecular weight excluding hydrogens is 217 g/mol. The normalized spacial score (nSPS) is 23.7. The Balaban J connectivity index is 2.08. The molecule has 17 heavy (non-hydrogen) atoms. The first-order valence-corrected chi connectivity index (χ1v) is 6.38. The highest BCUT2D eigenvalue weighted by atomic mass is 19.1. The van der Waals surface area contributed by atoms with Gasteiger partial charge in [0, 0.05) is 12.1 Å². The lowest BCUT2D eigenvalue weighted by atomic mass is 10.1. The van der Waals surface area contributed by atoms with E-state index in [0.717, 1.165) is 11.6 Å². The van der Waals surface area contributed by atoms with E-state index in [-0.39, 0.29) is 5.82 Å². The van der Waals surface area contributed by atoms with Crippen molar-refractivity contribution >= 4 is 5.69 Å². The van der Waals surface area contributed by atoms with Gasteiger partial charge in [-0.15, -0.1) is 0 Å². The van der Waals surface area contributed by atoms with E-state index >= 15 is 0 Å². The molecule has 0 aromatic heterocycles. The van der Waals surface area contributed by atoms with Gasteiger partial charge in [-0.1, -0.05) is 6.92 Å². The quantitative estimate of drug-likeness (QED) is 0.859. The van der Waals surface area contributed by atoms with Crippen LogP contribution in [0.1, 0.15) is 33.1 Å². The van der Waals surface area contributed by atoms with Crippen LogP contribution in [0.25, 0.3) is 0 Å². The molecule has 0 spiro atoms. The van der Waals surface area contributed by atoms with Crippen LogP contribution in [0.2, 0.25) is 0 Å². The monoisotopic (exact) mass is 237 g/mol. The van der Waals surface area contributed by atoms with E-state index in [0.29, 0.717) is 18.4 Å². The number of ether oxygens (including phenoxy) is 1. The second-order valence-corrected chi connectivity index (χ2v) is 4.83. The molecule has 1 fully saturated rings. The van der Waals surface area contributed by atoms with E-state index in [4.69, 9.17) is 4.74 Å². The predicted octanol–water partition coefficient (Wildman–Crippen LogP) is 3.82. The average molecular weight is 237 g/mol. The van der Waals surface area contributed by atoms with Crippen LogP contribution in [0.5, 0.6) is 5.75 Å². The molecule has 2 nitrogen and oxygen atoms in total. The van der Waals surface area contributed by atoms with Gasteiger partial charge in [-0.25, -0.2) is 4.39 Å². The van der Waals surface area contributed by atoms with Crippen LogP contribution < -0.4 is 10.1 Å². The largest absolute Gasteiger partial charge is 0.492 e.